The number of anilines is 9. The molecule has 0 fully saturated rings. The van der Waals surface area contributed by atoms with Crippen molar-refractivity contribution >= 4 is 107 Å². The highest BCUT2D eigenvalue weighted by Crippen LogP contribution is 2.30. The van der Waals surface area contributed by atoms with E-state index in [9.17, 15) is 28.8 Å². The fraction of sp³-hybridized carbons (Fsp3) is 0.127. The lowest BCUT2D eigenvalue weighted by atomic mass is 10.1. The number of rotatable bonds is 16. The molecule has 0 radical (unpaired) electrons. The Kier molecular flexibility index (Phi) is 16.3. The Balaban J connectivity index is 0.000000187. The van der Waals surface area contributed by atoms with Gasteiger partial charge in [0.1, 0.15) is 26.8 Å². The fourth-order valence-corrected chi connectivity index (χ4v) is 9.39. The van der Waals surface area contributed by atoms with Crippen LogP contribution in [-0.2, 0) is 13.1 Å². The highest BCUT2D eigenvalue weighted by molar-refractivity contribution is 7.13. The molecule has 10 rings (SSSR count). The van der Waals surface area contributed by atoms with Crippen molar-refractivity contribution in [1.82, 2.24) is 15.3 Å². The third-order valence-corrected chi connectivity index (χ3v) is 13.2. The smallest absolute Gasteiger partial charge is 0.272 e. The van der Waals surface area contributed by atoms with Gasteiger partial charge in [-0.05, 0) is 109 Å². The number of nitrogens with zero attached hydrogens (tertiary/aromatic N) is 3. The molecule has 0 unspecified atom stereocenters. The average molecular weight is 1030 g/mol. The molecule has 4 aromatic heterocycles. The summed E-state index contributed by atoms with van der Waals surface area (Å²) >= 11 is 2.69. The lowest BCUT2D eigenvalue weighted by molar-refractivity contribution is 0.102. The van der Waals surface area contributed by atoms with Gasteiger partial charge in [0.2, 0.25) is 0 Å². The molecule has 74 heavy (non-hydrogen) atoms. The molecule has 2 amide bonds. The zero-order valence-electron chi connectivity index (χ0n) is 40.8. The van der Waals surface area contributed by atoms with E-state index < -0.39 is 21.7 Å². The van der Waals surface area contributed by atoms with Crippen molar-refractivity contribution < 1.29 is 14.3 Å². The molecule has 19 heteroatoms. The van der Waals surface area contributed by atoms with Gasteiger partial charge in [0.05, 0.1) is 29.5 Å². The van der Waals surface area contributed by atoms with Crippen molar-refractivity contribution in [3.8, 4) is 5.75 Å². The molecule has 0 spiro atoms. The minimum atomic E-state index is -0.656. The van der Waals surface area contributed by atoms with E-state index in [0.29, 0.717) is 51.3 Å². The topological polar surface area (TPSA) is 225 Å². The predicted octanol–water partition coefficient (Wildman–Crippen LogP) is 8.91. The second kappa shape index (κ2) is 23.5. The maximum atomic E-state index is 13.1. The van der Waals surface area contributed by atoms with E-state index in [4.69, 9.17) is 4.74 Å². The second-order valence-corrected chi connectivity index (χ2v) is 18.5. The van der Waals surface area contributed by atoms with Gasteiger partial charge in [-0.3, -0.25) is 38.7 Å². The second-order valence-electron chi connectivity index (χ2n) is 16.7. The van der Waals surface area contributed by atoms with Crippen molar-refractivity contribution in [2.24, 2.45) is 0 Å². The number of carbonyl (C=O) groups is 2. The van der Waals surface area contributed by atoms with Crippen LogP contribution in [0, 0.1) is 0 Å². The first kappa shape index (κ1) is 51.3. The summed E-state index contributed by atoms with van der Waals surface area (Å²) in [5, 5.41) is 27.0. The number of amides is 2. The Labute approximate surface area is 432 Å². The zero-order chi connectivity index (χ0) is 52.3. The molecule has 7 N–H and O–H groups in total. The predicted molar refractivity (Wildman–Crippen MR) is 301 cm³/mol. The van der Waals surface area contributed by atoms with Crippen LogP contribution in [0.25, 0.3) is 21.8 Å². The Morgan fingerprint density at radius 3 is 1.47 bits per heavy atom. The summed E-state index contributed by atoms with van der Waals surface area (Å²) in [6, 6.07) is 37.5. The van der Waals surface area contributed by atoms with Crippen LogP contribution in [0.15, 0.2) is 164 Å². The van der Waals surface area contributed by atoms with E-state index >= 15 is 0 Å². The highest BCUT2D eigenvalue weighted by atomic mass is 32.1. The van der Waals surface area contributed by atoms with Gasteiger partial charge < -0.3 is 46.9 Å². The Morgan fingerprint density at radius 1 is 0.554 bits per heavy atom. The third kappa shape index (κ3) is 11.5. The average Bonchev–Trinajstić information content (AvgIpc) is 4.10. The van der Waals surface area contributed by atoms with Crippen molar-refractivity contribution in [2.45, 2.75) is 13.1 Å². The van der Waals surface area contributed by atoms with Crippen LogP contribution in [0.5, 0.6) is 5.75 Å². The summed E-state index contributed by atoms with van der Waals surface area (Å²) in [5.74, 6) is -0.501. The first-order valence-electron chi connectivity index (χ1n) is 23.0. The van der Waals surface area contributed by atoms with Crippen LogP contribution < -0.4 is 68.6 Å². The molecule has 10 aromatic rings. The minimum absolute atomic E-state index is 0.000663. The number of thiophene rings is 2. The lowest BCUT2D eigenvalue weighted by Crippen LogP contribution is -2.39. The van der Waals surface area contributed by atoms with E-state index in [2.05, 4.69) is 47.2 Å². The molecular weight excluding hydrogens is 977 g/mol. The molecular formula is C55H50N10O7S2. The molecule has 6 aromatic carbocycles. The maximum Gasteiger partial charge on any atom is 0.272 e. The fourth-order valence-electron chi connectivity index (χ4n) is 7.86. The van der Waals surface area contributed by atoms with Gasteiger partial charge in [-0.1, -0.05) is 48.5 Å². The van der Waals surface area contributed by atoms with Crippen molar-refractivity contribution in [2.75, 3.05) is 72.1 Å². The van der Waals surface area contributed by atoms with Gasteiger partial charge in [0.25, 0.3) is 33.5 Å². The Morgan fingerprint density at radius 2 is 1.00 bits per heavy atom. The molecule has 0 saturated heterocycles. The van der Waals surface area contributed by atoms with Crippen LogP contribution in [0.2, 0.25) is 0 Å². The zero-order valence-corrected chi connectivity index (χ0v) is 42.4. The van der Waals surface area contributed by atoms with Gasteiger partial charge in [-0.2, -0.15) is 0 Å². The summed E-state index contributed by atoms with van der Waals surface area (Å²) in [4.78, 5) is 84.8. The molecule has 4 heterocycles. The van der Waals surface area contributed by atoms with Crippen LogP contribution >= 0.6 is 22.7 Å². The number of ether oxygens (including phenoxy) is 1. The monoisotopic (exact) mass is 1030 g/mol. The number of nitrogens with one attached hydrogen (secondary N) is 7. The van der Waals surface area contributed by atoms with Crippen molar-refractivity contribution in [1.29, 1.82) is 0 Å². The number of methoxy groups -OCH3 is 1. The van der Waals surface area contributed by atoms with Gasteiger partial charge in [-0.25, -0.2) is 0 Å². The van der Waals surface area contributed by atoms with Gasteiger partial charge in [0.15, 0.2) is 5.75 Å². The number of para-hydroxylation sites is 2. The minimum Gasteiger partial charge on any atom is -0.491 e. The first-order chi connectivity index (χ1) is 35.9. The molecule has 0 aliphatic carbocycles. The first-order valence-corrected chi connectivity index (χ1v) is 24.8. The van der Waals surface area contributed by atoms with Crippen molar-refractivity contribution in [3.05, 3.63) is 206 Å². The standard InChI is InChI=1S/C27H23N5O3S.C26H20N4O4S.C2H7N/c1-32(2)23-22(24(33)25(23)34)30-17-6-5-7-18(14-17)31-27(35)26-21(11-13-36-26)29-15-16-10-12-28-20-9-4-3-8-19(16)20;1-34-24-21(22(31)23(24)32)29-16-5-4-6-17(13-16)30-26(33)25-20(10-12-35-25)28-14-15-9-11-27-19-8-3-2-7-18(15)19;1-3-2/h3-14,29-30H,15H2,1-2H3,(H,31,35);2-13,28-29H,14H2,1H3,(H,30,33);3H,1-2H3. The number of aromatic nitrogens is 2. The normalized spacial score (nSPS) is 10.7. The Hall–Kier alpha value is -9.04. The van der Waals surface area contributed by atoms with E-state index in [1.807, 2.05) is 97.7 Å². The summed E-state index contributed by atoms with van der Waals surface area (Å²) in [5.41, 5.74) is 6.09. The van der Waals surface area contributed by atoms with Gasteiger partial charge >= 0.3 is 0 Å². The van der Waals surface area contributed by atoms with Crippen LogP contribution in [0.1, 0.15) is 30.5 Å². The maximum absolute atomic E-state index is 13.1. The summed E-state index contributed by atoms with van der Waals surface area (Å²) in [6.07, 6.45) is 3.56. The number of pyridine rings is 2. The van der Waals surface area contributed by atoms with Gasteiger partial charge in [-0.15, -0.1) is 22.7 Å². The number of carbonyl (C=O) groups excluding carboxylic acids is 2. The van der Waals surface area contributed by atoms with E-state index in [1.165, 1.54) is 29.8 Å². The van der Waals surface area contributed by atoms with E-state index in [-0.39, 0.29) is 28.9 Å². The molecule has 0 aliphatic heterocycles. The number of hydrogen-bond acceptors (Lipinski definition) is 17. The van der Waals surface area contributed by atoms with E-state index in [1.54, 1.807) is 79.9 Å². The quantitative estimate of drug-likeness (QED) is 0.0449. The summed E-state index contributed by atoms with van der Waals surface area (Å²) in [6.45, 7) is 1.10. The molecule has 374 valence electrons. The number of hydrogen-bond donors (Lipinski definition) is 7. The van der Waals surface area contributed by atoms with E-state index in [0.717, 1.165) is 44.3 Å². The molecule has 0 aliphatic rings. The lowest BCUT2D eigenvalue weighted by Gasteiger charge is -2.19. The Bertz CT molecular complexity index is 3770. The van der Waals surface area contributed by atoms with Crippen LogP contribution in [0.3, 0.4) is 0 Å². The SMILES string of the molecule is CN(C)c1c(Nc2cccc(NC(=O)c3sccc3NCc3ccnc4ccccc34)c2)c(=O)c1=O.CNC.COc1c(Nc2cccc(NC(=O)c3sccc3NCc3ccnc4ccccc34)c2)c(=O)c1=O. The summed E-state index contributed by atoms with van der Waals surface area (Å²) in [7, 11) is 8.51. The molecule has 0 saturated carbocycles. The van der Waals surface area contributed by atoms with Crippen LogP contribution in [0.4, 0.5) is 51.2 Å². The van der Waals surface area contributed by atoms with Crippen molar-refractivity contribution in [3.63, 3.8) is 0 Å². The summed E-state index contributed by atoms with van der Waals surface area (Å²) < 4.78 is 4.96. The number of fused-ring (bicyclic) bond motifs is 2. The molecule has 0 atom stereocenters. The third-order valence-electron chi connectivity index (χ3n) is 11.3. The highest BCUT2D eigenvalue weighted by Gasteiger charge is 2.24. The molecule has 17 nitrogen and oxygen atoms in total. The largest absolute Gasteiger partial charge is 0.491 e. The molecule has 0 bridgehead atoms. The van der Waals surface area contributed by atoms with Crippen LogP contribution in [-0.4, -0.2) is 57.1 Å². The number of benzene rings is 4. The van der Waals surface area contributed by atoms with Gasteiger partial charge in [0, 0.05) is 73.1 Å².